The van der Waals surface area contributed by atoms with Gasteiger partial charge in [0.1, 0.15) is 5.82 Å². The zero-order valence-electron chi connectivity index (χ0n) is 10.9. The van der Waals surface area contributed by atoms with Crippen molar-refractivity contribution in [3.8, 4) is 17.3 Å². The molecule has 1 aromatic heterocycles. The number of aromatic nitrogens is 2. The summed E-state index contributed by atoms with van der Waals surface area (Å²) in [5, 5.41) is 9.83. The van der Waals surface area contributed by atoms with E-state index >= 15 is 0 Å². The lowest BCUT2D eigenvalue weighted by atomic mass is 10.1. The summed E-state index contributed by atoms with van der Waals surface area (Å²) >= 11 is 1.65. The predicted octanol–water partition coefficient (Wildman–Crippen LogP) is 2.82. The SMILES string of the molecule is CCCc1c(O)nc(-c2ccc(SC)cc2)[nH]c1=O. The molecule has 19 heavy (non-hydrogen) atoms. The fraction of sp³-hybridized carbons (Fsp3) is 0.286. The Hall–Kier alpha value is -1.75. The van der Waals surface area contributed by atoms with E-state index in [0.29, 0.717) is 17.8 Å². The van der Waals surface area contributed by atoms with Crippen molar-refractivity contribution >= 4 is 11.8 Å². The van der Waals surface area contributed by atoms with Crippen LogP contribution in [-0.2, 0) is 6.42 Å². The van der Waals surface area contributed by atoms with Crippen molar-refractivity contribution < 1.29 is 5.11 Å². The van der Waals surface area contributed by atoms with Gasteiger partial charge in [0, 0.05) is 10.5 Å². The average Bonchev–Trinajstić information content (AvgIpc) is 2.43. The van der Waals surface area contributed by atoms with E-state index in [0.717, 1.165) is 16.9 Å². The van der Waals surface area contributed by atoms with E-state index < -0.39 is 0 Å². The lowest BCUT2D eigenvalue weighted by molar-refractivity contribution is 0.443. The molecule has 0 saturated carbocycles. The summed E-state index contributed by atoms with van der Waals surface area (Å²) in [4.78, 5) is 19.8. The molecule has 2 N–H and O–H groups in total. The molecule has 0 fully saturated rings. The Morgan fingerprint density at radius 3 is 2.53 bits per heavy atom. The molecule has 0 radical (unpaired) electrons. The molecule has 0 aliphatic carbocycles. The minimum absolute atomic E-state index is 0.172. The number of hydrogen-bond acceptors (Lipinski definition) is 4. The van der Waals surface area contributed by atoms with E-state index in [9.17, 15) is 9.90 Å². The molecule has 0 atom stereocenters. The van der Waals surface area contributed by atoms with Gasteiger partial charge in [-0.15, -0.1) is 11.8 Å². The number of nitrogens with zero attached hydrogens (tertiary/aromatic N) is 1. The normalized spacial score (nSPS) is 10.6. The molecule has 4 nitrogen and oxygen atoms in total. The molecule has 2 rings (SSSR count). The van der Waals surface area contributed by atoms with Gasteiger partial charge in [-0.05, 0) is 24.8 Å². The largest absolute Gasteiger partial charge is 0.493 e. The van der Waals surface area contributed by atoms with Crippen molar-refractivity contribution in [1.82, 2.24) is 9.97 Å². The quantitative estimate of drug-likeness (QED) is 0.843. The highest BCUT2D eigenvalue weighted by Gasteiger charge is 2.10. The highest BCUT2D eigenvalue weighted by molar-refractivity contribution is 7.98. The van der Waals surface area contributed by atoms with E-state index in [2.05, 4.69) is 9.97 Å². The summed E-state index contributed by atoms with van der Waals surface area (Å²) < 4.78 is 0. The second kappa shape index (κ2) is 5.93. The Bertz CT molecular complexity index is 620. The second-order valence-electron chi connectivity index (χ2n) is 4.20. The maximum Gasteiger partial charge on any atom is 0.258 e. The van der Waals surface area contributed by atoms with E-state index in [1.807, 2.05) is 37.4 Å². The van der Waals surface area contributed by atoms with Crippen LogP contribution < -0.4 is 5.56 Å². The number of aromatic hydroxyl groups is 1. The molecule has 0 aliphatic rings. The van der Waals surface area contributed by atoms with Gasteiger partial charge in [0.15, 0.2) is 0 Å². The summed E-state index contributed by atoms with van der Waals surface area (Å²) in [6.07, 6.45) is 3.32. The third-order valence-electron chi connectivity index (χ3n) is 2.86. The molecular formula is C14H16N2O2S. The van der Waals surface area contributed by atoms with Crippen LogP contribution in [0.3, 0.4) is 0 Å². The number of thioether (sulfide) groups is 1. The van der Waals surface area contributed by atoms with Gasteiger partial charge in [0.25, 0.3) is 5.56 Å². The van der Waals surface area contributed by atoms with E-state index in [1.54, 1.807) is 11.8 Å². The average molecular weight is 276 g/mol. The van der Waals surface area contributed by atoms with Gasteiger partial charge in [0.05, 0.1) is 5.56 Å². The highest BCUT2D eigenvalue weighted by Crippen LogP contribution is 2.21. The maximum absolute atomic E-state index is 11.9. The molecule has 0 spiro atoms. The molecule has 100 valence electrons. The lowest BCUT2D eigenvalue weighted by Gasteiger charge is -2.05. The fourth-order valence-electron chi connectivity index (χ4n) is 1.85. The first kappa shape index (κ1) is 13.7. The van der Waals surface area contributed by atoms with Gasteiger partial charge < -0.3 is 10.1 Å². The molecule has 0 bridgehead atoms. The van der Waals surface area contributed by atoms with Crippen molar-refractivity contribution in [1.29, 1.82) is 0 Å². The number of benzene rings is 1. The smallest absolute Gasteiger partial charge is 0.258 e. The fourth-order valence-corrected chi connectivity index (χ4v) is 2.26. The third-order valence-corrected chi connectivity index (χ3v) is 3.60. The summed E-state index contributed by atoms with van der Waals surface area (Å²) in [5.41, 5.74) is 0.874. The van der Waals surface area contributed by atoms with Gasteiger partial charge in [-0.3, -0.25) is 4.79 Å². The minimum Gasteiger partial charge on any atom is -0.493 e. The number of aromatic amines is 1. The Balaban J connectivity index is 2.42. The van der Waals surface area contributed by atoms with Crippen molar-refractivity contribution in [3.05, 3.63) is 40.2 Å². The van der Waals surface area contributed by atoms with Crippen LogP contribution in [0.4, 0.5) is 0 Å². The summed E-state index contributed by atoms with van der Waals surface area (Å²) in [7, 11) is 0. The Morgan fingerprint density at radius 1 is 1.32 bits per heavy atom. The third kappa shape index (κ3) is 2.98. The lowest BCUT2D eigenvalue weighted by Crippen LogP contribution is -2.15. The molecule has 0 aliphatic heterocycles. The first-order valence-corrected chi connectivity index (χ1v) is 7.34. The topological polar surface area (TPSA) is 66.0 Å². The number of H-pyrrole nitrogens is 1. The standard InChI is InChI=1S/C14H16N2O2S/c1-3-4-11-13(17)15-12(16-14(11)18)9-5-7-10(19-2)8-6-9/h5-8H,3-4H2,1-2H3,(H2,15,16,17,18). The van der Waals surface area contributed by atoms with Crippen molar-refractivity contribution in [2.75, 3.05) is 6.26 Å². The van der Waals surface area contributed by atoms with Crippen LogP contribution in [0.2, 0.25) is 0 Å². The van der Waals surface area contributed by atoms with E-state index in [1.165, 1.54) is 0 Å². The first-order valence-electron chi connectivity index (χ1n) is 6.12. The van der Waals surface area contributed by atoms with Crippen LogP contribution in [0.1, 0.15) is 18.9 Å². The van der Waals surface area contributed by atoms with Gasteiger partial charge in [-0.25, -0.2) is 0 Å². The Morgan fingerprint density at radius 2 is 2.00 bits per heavy atom. The molecule has 2 aromatic rings. The summed E-state index contributed by atoms with van der Waals surface area (Å²) in [6.45, 7) is 1.95. The maximum atomic E-state index is 11.9. The second-order valence-corrected chi connectivity index (χ2v) is 5.07. The van der Waals surface area contributed by atoms with Gasteiger partial charge in [0.2, 0.25) is 5.88 Å². The van der Waals surface area contributed by atoms with Crippen LogP contribution in [0.15, 0.2) is 34.0 Å². The van der Waals surface area contributed by atoms with Crippen molar-refractivity contribution in [3.63, 3.8) is 0 Å². The molecule has 1 heterocycles. The Labute approximate surface area is 115 Å². The molecule has 1 aromatic carbocycles. The number of nitrogens with one attached hydrogen (secondary N) is 1. The van der Waals surface area contributed by atoms with Gasteiger partial charge >= 0.3 is 0 Å². The number of hydrogen-bond donors (Lipinski definition) is 2. The molecule has 0 unspecified atom stereocenters. The monoisotopic (exact) mass is 276 g/mol. The predicted molar refractivity (Wildman–Crippen MR) is 77.7 cm³/mol. The van der Waals surface area contributed by atoms with E-state index in [-0.39, 0.29) is 11.4 Å². The first-order chi connectivity index (χ1) is 9.15. The molecular weight excluding hydrogens is 260 g/mol. The minimum atomic E-state index is -0.265. The highest BCUT2D eigenvalue weighted by atomic mass is 32.2. The summed E-state index contributed by atoms with van der Waals surface area (Å²) in [6, 6.07) is 7.67. The molecule has 0 saturated heterocycles. The van der Waals surface area contributed by atoms with Gasteiger partial charge in [-0.2, -0.15) is 4.98 Å². The van der Waals surface area contributed by atoms with Crippen molar-refractivity contribution in [2.24, 2.45) is 0 Å². The van der Waals surface area contributed by atoms with Crippen LogP contribution in [-0.4, -0.2) is 21.3 Å². The van der Waals surface area contributed by atoms with Crippen LogP contribution in [0.25, 0.3) is 11.4 Å². The van der Waals surface area contributed by atoms with Crippen LogP contribution in [0.5, 0.6) is 5.88 Å². The zero-order chi connectivity index (χ0) is 13.8. The summed E-state index contributed by atoms with van der Waals surface area (Å²) in [5.74, 6) is 0.226. The van der Waals surface area contributed by atoms with Gasteiger partial charge in [-0.1, -0.05) is 25.5 Å². The van der Waals surface area contributed by atoms with Crippen LogP contribution in [0, 0.1) is 0 Å². The van der Waals surface area contributed by atoms with Crippen LogP contribution >= 0.6 is 11.8 Å². The van der Waals surface area contributed by atoms with Crippen molar-refractivity contribution in [2.45, 2.75) is 24.7 Å². The van der Waals surface area contributed by atoms with E-state index in [4.69, 9.17) is 0 Å². The zero-order valence-corrected chi connectivity index (χ0v) is 11.8. The molecule has 0 amide bonds. The number of rotatable bonds is 4. The Kier molecular flexibility index (Phi) is 4.27. The molecule has 5 heteroatoms.